The van der Waals surface area contributed by atoms with Gasteiger partial charge in [0.25, 0.3) is 0 Å². The number of hydrogen-bond donors (Lipinski definition) is 0. The van der Waals surface area contributed by atoms with E-state index in [1.54, 1.807) is 0 Å². The number of anilines is 1. The first kappa shape index (κ1) is 14.3. The Balaban J connectivity index is 2.92. The zero-order valence-corrected chi connectivity index (χ0v) is 12.0. The molecule has 1 aromatic carbocycles. The lowest BCUT2D eigenvalue weighted by molar-refractivity contribution is 0.373. The van der Waals surface area contributed by atoms with E-state index in [1.807, 2.05) is 6.07 Å². The van der Waals surface area contributed by atoms with Gasteiger partial charge < -0.3 is 9.80 Å². The lowest BCUT2D eigenvalue weighted by atomic mass is 10.1. The Morgan fingerprint density at radius 2 is 1.88 bits per heavy atom. The number of likely N-dealkylation sites (N-methyl/N-ethyl adjacent to an activating group) is 2. The van der Waals surface area contributed by atoms with Gasteiger partial charge in [0.15, 0.2) is 0 Å². The van der Waals surface area contributed by atoms with E-state index >= 15 is 0 Å². The predicted molar refractivity (Wildman–Crippen MR) is 77.0 cm³/mol. The molecule has 0 spiro atoms. The lowest BCUT2D eigenvalue weighted by Crippen LogP contribution is -2.40. The topological polar surface area (TPSA) is 6.48 Å². The maximum atomic E-state index is 6.01. The highest BCUT2D eigenvalue weighted by molar-refractivity contribution is 6.17. The zero-order chi connectivity index (χ0) is 12.8. The average molecular weight is 255 g/mol. The van der Waals surface area contributed by atoms with Crippen molar-refractivity contribution in [2.45, 2.75) is 25.8 Å². The SMILES string of the molecule is CCN(c1ccccc1CCl)C(C)CN(C)C. The van der Waals surface area contributed by atoms with Crippen LogP contribution in [0.25, 0.3) is 0 Å². The number of nitrogens with zero attached hydrogens (tertiary/aromatic N) is 2. The molecule has 3 heteroatoms. The van der Waals surface area contributed by atoms with Crippen LogP contribution in [0.1, 0.15) is 19.4 Å². The fraction of sp³-hybridized carbons (Fsp3) is 0.571. The molecule has 1 unspecified atom stereocenters. The van der Waals surface area contributed by atoms with Crippen molar-refractivity contribution in [3.05, 3.63) is 29.8 Å². The molecule has 2 nitrogen and oxygen atoms in total. The van der Waals surface area contributed by atoms with Crippen LogP contribution in [0, 0.1) is 0 Å². The number of benzene rings is 1. The summed E-state index contributed by atoms with van der Waals surface area (Å²) in [6.45, 7) is 6.50. The highest BCUT2D eigenvalue weighted by Gasteiger charge is 2.15. The highest BCUT2D eigenvalue weighted by Crippen LogP contribution is 2.23. The van der Waals surface area contributed by atoms with Crippen LogP contribution in [0.4, 0.5) is 5.69 Å². The number of rotatable bonds is 6. The first-order valence-electron chi connectivity index (χ1n) is 6.15. The molecule has 1 atom stereocenters. The molecule has 0 aliphatic heterocycles. The predicted octanol–water partition coefficient (Wildman–Crippen LogP) is 3.20. The van der Waals surface area contributed by atoms with E-state index in [4.69, 9.17) is 11.6 Å². The molecule has 0 saturated carbocycles. The Hall–Kier alpha value is -0.730. The van der Waals surface area contributed by atoms with Gasteiger partial charge in [0.2, 0.25) is 0 Å². The summed E-state index contributed by atoms with van der Waals surface area (Å²) in [5, 5.41) is 0. The maximum absolute atomic E-state index is 6.01. The van der Waals surface area contributed by atoms with Crippen molar-refractivity contribution in [3.8, 4) is 0 Å². The van der Waals surface area contributed by atoms with E-state index in [0.29, 0.717) is 11.9 Å². The van der Waals surface area contributed by atoms with Gasteiger partial charge in [-0.05, 0) is 39.6 Å². The van der Waals surface area contributed by atoms with Gasteiger partial charge in [0, 0.05) is 30.7 Å². The fourth-order valence-corrected chi connectivity index (χ4v) is 2.48. The van der Waals surface area contributed by atoms with Crippen molar-refractivity contribution < 1.29 is 0 Å². The van der Waals surface area contributed by atoms with E-state index in [1.165, 1.54) is 11.3 Å². The third kappa shape index (κ3) is 3.90. The van der Waals surface area contributed by atoms with Crippen LogP contribution in [0.15, 0.2) is 24.3 Å². The molecule has 0 aromatic heterocycles. The van der Waals surface area contributed by atoms with Gasteiger partial charge >= 0.3 is 0 Å². The fourth-order valence-electron chi connectivity index (χ4n) is 2.25. The molecule has 0 N–H and O–H groups in total. The highest BCUT2D eigenvalue weighted by atomic mass is 35.5. The number of hydrogen-bond acceptors (Lipinski definition) is 2. The Kier molecular flexibility index (Phi) is 5.79. The first-order valence-corrected chi connectivity index (χ1v) is 6.68. The third-order valence-electron chi connectivity index (χ3n) is 2.95. The van der Waals surface area contributed by atoms with Gasteiger partial charge in [-0.3, -0.25) is 0 Å². The summed E-state index contributed by atoms with van der Waals surface area (Å²) in [7, 11) is 4.22. The normalized spacial score (nSPS) is 12.8. The van der Waals surface area contributed by atoms with Crippen LogP contribution < -0.4 is 4.90 Å². The van der Waals surface area contributed by atoms with E-state index in [0.717, 1.165) is 13.1 Å². The van der Waals surface area contributed by atoms with Gasteiger partial charge in [-0.15, -0.1) is 11.6 Å². The summed E-state index contributed by atoms with van der Waals surface area (Å²) in [6.07, 6.45) is 0. The number of para-hydroxylation sites is 1. The summed E-state index contributed by atoms with van der Waals surface area (Å²) in [5.41, 5.74) is 2.47. The van der Waals surface area contributed by atoms with Gasteiger partial charge in [0.1, 0.15) is 0 Å². The smallest absolute Gasteiger partial charge is 0.0494 e. The van der Waals surface area contributed by atoms with Crippen molar-refractivity contribution in [1.82, 2.24) is 4.90 Å². The standard InChI is InChI=1S/C14H23ClN2/c1-5-17(12(2)11-16(3)4)14-9-7-6-8-13(14)10-15/h6-9,12H,5,10-11H2,1-4H3. The summed E-state index contributed by atoms with van der Waals surface area (Å²) < 4.78 is 0. The molecule has 0 heterocycles. The third-order valence-corrected chi connectivity index (χ3v) is 3.24. The van der Waals surface area contributed by atoms with Gasteiger partial charge in [-0.1, -0.05) is 18.2 Å². The number of halogens is 1. The second-order valence-corrected chi connectivity index (χ2v) is 4.93. The summed E-state index contributed by atoms with van der Waals surface area (Å²) in [4.78, 5) is 4.63. The zero-order valence-electron chi connectivity index (χ0n) is 11.3. The Labute approximate surface area is 110 Å². The van der Waals surface area contributed by atoms with Crippen LogP contribution in [-0.4, -0.2) is 38.1 Å². The second kappa shape index (κ2) is 6.87. The molecular formula is C14H23ClN2. The van der Waals surface area contributed by atoms with Gasteiger partial charge in [0.05, 0.1) is 0 Å². The van der Waals surface area contributed by atoms with Crippen molar-refractivity contribution >= 4 is 17.3 Å². The average Bonchev–Trinajstić information content (AvgIpc) is 2.29. The molecule has 1 aromatic rings. The number of alkyl halides is 1. The summed E-state index contributed by atoms with van der Waals surface area (Å²) >= 11 is 6.01. The van der Waals surface area contributed by atoms with Crippen molar-refractivity contribution in [3.63, 3.8) is 0 Å². The monoisotopic (exact) mass is 254 g/mol. The minimum Gasteiger partial charge on any atom is -0.368 e. The Morgan fingerprint density at radius 1 is 1.24 bits per heavy atom. The molecular weight excluding hydrogens is 232 g/mol. The first-order chi connectivity index (χ1) is 8.10. The van der Waals surface area contributed by atoms with Crippen molar-refractivity contribution in [1.29, 1.82) is 0 Å². The van der Waals surface area contributed by atoms with Gasteiger partial charge in [-0.2, -0.15) is 0 Å². The largest absolute Gasteiger partial charge is 0.368 e. The quantitative estimate of drug-likeness (QED) is 0.720. The molecule has 96 valence electrons. The van der Waals surface area contributed by atoms with E-state index in [2.05, 4.69) is 55.9 Å². The summed E-state index contributed by atoms with van der Waals surface area (Å²) in [6, 6.07) is 8.88. The molecule has 1 rings (SSSR count). The molecule has 0 amide bonds. The molecule has 0 bridgehead atoms. The van der Waals surface area contributed by atoms with Crippen molar-refractivity contribution in [2.75, 3.05) is 32.1 Å². The van der Waals surface area contributed by atoms with E-state index < -0.39 is 0 Å². The van der Waals surface area contributed by atoms with Crippen LogP contribution in [0.2, 0.25) is 0 Å². The van der Waals surface area contributed by atoms with Crippen LogP contribution in [0.3, 0.4) is 0 Å². The molecule has 0 aliphatic carbocycles. The molecule has 0 saturated heterocycles. The minimum atomic E-state index is 0.486. The van der Waals surface area contributed by atoms with E-state index in [9.17, 15) is 0 Å². The second-order valence-electron chi connectivity index (χ2n) is 4.66. The van der Waals surface area contributed by atoms with Gasteiger partial charge in [-0.25, -0.2) is 0 Å². The molecule has 17 heavy (non-hydrogen) atoms. The van der Waals surface area contributed by atoms with Crippen LogP contribution >= 0.6 is 11.6 Å². The molecule has 0 radical (unpaired) electrons. The van der Waals surface area contributed by atoms with Crippen molar-refractivity contribution in [2.24, 2.45) is 0 Å². The van der Waals surface area contributed by atoms with Crippen LogP contribution in [-0.2, 0) is 5.88 Å². The lowest BCUT2D eigenvalue weighted by Gasteiger charge is -2.33. The maximum Gasteiger partial charge on any atom is 0.0494 e. The molecule has 0 aliphatic rings. The Bertz CT molecular complexity index is 339. The minimum absolute atomic E-state index is 0.486. The van der Waals surface area contributed by atoms with Crippen LogP contribution in [0.5, 0.6) is 0 Å². The van der Waals surface area contributed by atoms with E-state index in [-0.39, 0.29) is 0 Å². The molecule has 0 fully saturated rings. The summed E-state index contributed by atoms with van der Waals surface area (Å²) in [5.74, 6) is 0.571. The Morgan fingerprint density at radius 3 is 2.41 bits per heavy atom.